The smallest absolute Gasteiger partial charge is 0.276 e. The molecule has 3 rings (SSSR count). The van der Waals surface area contributed by atoms with E-state index in [-0.39, 0.29) is 5.91 Å². The summed E-state index contributed by atoms with van der Waals surface area (Å²) in [7, 11) is 0. The molecule has 3 aromatic rings. The van der Waals surface area contributed by atoms with Crippen LogP contribution in [0.2, 0.25) is 0 Å². The normalized spacial score (nSPS) is 10.7. The van der Waals surface area contributed by atoms with E-state index < -0.39 is 0 Å². The van der Waals surface area contributed by atoms with Crippen molar-refractivity contribution in [2.24, 2.45) is 0 Å². The zero-order valence-corrected chi connectivity index (χ0v) is 14.4. The van der Waals surface area contributed by atoms with Crippen molar-refractivity contribution in [3.8, 4) is 0 Å². The molecule has 0 fully saturated rings. The van der Waals surface area contributed by atoms with Gasteiger partial charge in [-0.05, 0) is 53.0 Å². The van der Waals surface area contributed by atoms with Gasteiger partial charge in [-0.25, -0.2) is 4.68 Å². The summed E-state index contributed by atoms with van der Waals surface area (Å²) in [6.45, 7) is 4.40. The first-order chi connectivity index (χ1) is 11.0. The molecule has 0 aliphatic carbocycles. The van der Waals surface area contributed by atoms with Gasteiger partial charge in [0.05, 0.1) is 10.7 Å². The van der Waals surface area contributed by atoms with Crippen molar-refractivity contribution >= 4 is 27.5 Å². The Labute approximate surface area is 142 Å². The fourth-order valence-corrected chi connectivity index (χ4v) is 2.51. The Balaban J connectivity index is 1.72. The fraction of sp³-hybridized carbons (Fsp3) is 0.188. The van der Waals surface area contributed by atoms with Gasteiger partial charge in [-0.3, -0.25) is 9.48 Å². The van der Waals surface area contributed by atoms with E-state index in [1.54, 1.807) is 27.8 Å². The molecular weight excluding hydrogens is 358 g/mol. The SMILES string of the molecule is Cc1ccc(C)c(NC(=O)c2ccn(Cn3cc(Br)cn3)n2)c1. The van der Waals surface area contributed by atoms with E-state index in [0.29, 0.717) is 12.4 Å². The van der Waals surface area contributed by atoms with Crippen LogP contribution in [0.3, 0.4) is 0 Å². The van der Waals surface area contributed by atoms with Crippen LogP contribution in [0.1, 0.15) is 21.6 Å². The first-order valence-electron chi connectivity index (χ1n) is 7.11. The van der Waals surface area contributed by atoms with Crippen molar-refractivity contribution in [2.75, 3.05) is 5.32 Å². The zero-order chi connectivity index (χ0) is 16.4. The number of carbonyl (C=O) groups is 1. The Kier molecular flexibility index (Phi) is 4.29. The molecule has 0 unspecified atom stereocenters. The third kappa shape index (κ3) is 3.68. The van der Waals surface area contributed by atoms with E-state index >= 15 is 0 Å². The fourth-order valence-electron chi connectivity index (χ4n) is 2.18. The third-order valence-electron chi connectivity index (χ3n) is 3.41. The molecule has 0 spiro atoms. The van der Waals surface area contributed by atoms with Crippen LogP contribution in [0.25, 0.3) is 0 Å². The summed E-state index contributed by atoms with van der Waals surface area (Å²) >= 11 is 3.35. The van der Waals surface area contributed by atoms with E-state index in [0.717, 1.165) is 21.3 Å². The molecule has 1 amide bonds. The number of carbonyl (C=O) groups excluding carboxylic acids is 1. The van der Waals surface area contributed by atoms with Gasteiger partial charge in [-0.2, -0.15) is 10.2 Å². The summed E-state index contributed by atoms with van der Waals surface area (Å²) in [6.07, 6.45) is 5.31. The minimum Gasteiger partial charge on any atom is -0.320 e. The molecule has 0 aliphatic rings. The lowest BCUT2D eigenvalue weighted by Gasteiger charge is -2.08. The molecule has 0 saturated heterocycles. The van der Waals surface area contributed by atoms with E-state index in [2.05, 4.69) is 31.4 Å². The van der Waals surface area contributed by atoms with Crippen LogP contribution < -0.4 is 5.32 Å². The first-order valence-corrected chi connectivity index (χ1v) is 7.90. The molecule has 2 aromatic heterocycles. The van der Waals surface area contributed by atoms with Gasteiger partial charge in [-0.15, -0.1) is 0 Å². The first kappa shape index (κ1) is 15.5. The highest BCUT2D eigenvalue weighted by molar-refractivity contribution is 9.10. The summed E-state index contributed by atoms with van der Waals surface area (Å²) < 4.78 is 4.29. The standard InChI is InChI=1S/C16H16BrN5O/c1-11-3-4-12(2)15(7-11)19-16(23)14-5-6-21(20-14)10-22-9-13(17)8-18-22/h3-9H,10H2,1-2H3,(H,19,23). The van der Waals surface area contributed by atoms with Crippen molar-refractivity contribution in [1.29, 1.82) is 0 Å². The van der Waals surface area contributed by atoms with Gasteiger partial charge < -0.3 is 5.32 Å². The number of nitrogens with zero attached hydrogens (tertiary/aromatic N) is 4. The number of halogens is 1. The molecule has 2 heterocycles. The molecule has 0 radical (unpaired) electrons. The van der Waals surface area contributed by atoms with E-state index in [1.807, 2.05) is 38.2 Å². The summed E-state index contributed by atoms with van der Waals surface area (Å²) in [5.74, 6) is -0.223. The average Bonchev–Trinajstić information content (AvgIpc) is 3.13. The second-order valence-corrected chi connectivity index (χ2v) is 6.27. The number of nitrogens with one attached hydrogen (secondary N) is 1. The lowest BCUT2D eigenvalue weighted by Crippen LogP contribution is -2.15. The van der Waals surface area contributed by atoms with Crippen LogP contribution in [-0.2, 0) is 6.67 Å². The number of aromatic nitrogens is 4. The number of anilines is 1. The highest BCUT2D eigenvalue weighted by atomic mass is 79.9. The molecular formula is C16H16BrN5O. The Hall–Kier alpha value is -2.41. The van der Waals surface area contributed by atoms with Crippen LogP contribution in [0, 0.1) is 13.8 Å². The molecule has 0 atom stereocenters. The molecule has 7 heteroatoms. The number of hydrogen-bond donors (Lipinski definition) is 1. The van der Waals surface area contributed by atoms with E-state index in [1.165, 1.54) is 0 Å². The second-order valence-electron chi connectivity index (χ2n) is 5.35. The highest BCUT2D eigenvalue weighted by Crippen LogP contribution is 2.17. The summed E-state index contributed by atoms with van der Waals surface area (Å²) in [5.41, 5.74) is 3.29. The van der Waals surface area contributed by atoms with Gasteiger partial charge in [-0.1, -0.05) is 12.1 Å². The van der Waals surface area contributed by atoms with Gasteiger partial charge in [0.15, 0.2) is 5.69 Å². The molecule has 0 aliphatic heterocycles. The van der Waals surface area contributed by atoms with Gasteiger partial charge >= 0.3 is 0 Å². The van der Waals surface area contributed by atoms with Crippen LogP contribution in [-0.4, -0.2) is 25.5 Å². The van der Waals surface area contributed by atoms with Crippen LogP contribution in [0.5, 0.6) is 0 Å². The molecule has 6 nitrogen and oxygen atoms in total. The Morgan fingerprint density at radius 1 is 1.26 bits per heavy atom. The number of aryl methyl sites for hydroxylation is 2. The van der Waals surface area contributed by atoms with Crippen molar-refractivity contribution in [3.05, 3.63) is 64.1 Å². The summed E-state index contributed by atoms with van der Waals surface area (Å²) in [5, 5.41) is 11.4. The van der Waals surface area contributed by atoms with Gasteiger partial charge in [0.25, 0.3) is 5.91 Å². The largest absolute Gasteiger partial charge is 0.320 e. The van der Waals surface area contributed by atoms with Crippen LogP contribution in [0.15, 0.2) is 47.3 Å². The Morgan fingerprint density at radius 3 is 2.83 bits per heavy atom. The minimum atomic E-state index is -0.223. The Bertz CT molecular complexity index is 852. The monoisotopic (exact) mass is 373 g/mol. The molecule has 1 N–H and O–H groups in total. The summed E-state index contributed by atoms with van der Waals surface area (Å²) in [6, 6.07) is 7.64. The summed E-state index contributed by atoms with van der Waals surface area (Å²) in [4.78, 5) is 12.3. The quantitative estimate of drug-likeness (QED) is 0.763. The topological polar surface area (TPSA) is 64.7 Å². The van der Waals surface area contributed by atoms with Gasteiger partial charge in [0, 0.05) is 18.1 Å². The maximum absolute atomic E-state index is 12.3. The average molecular weight is 374 g/mol. The van der Waals surface area contributed by atoms with Crippen molar-refractivity contribution in [3.63, 3.8) is 0 Å². The van der Waals surface area contributed by atoms with Crippen molar-refractivity contribution in [1.82, 2.24) is 19.6 Å². The maximum atomic E-state index is 12.3. The predicted molar refractivity (Wildman–Crippen MR) is 91.4 cm³/mol. The highest BCUT2D eigenvalue weighted by Gasteiger charge is 2.11. The van der Waals surface area contributed by atoms with Crippen molar-refractivity contribution < 1.29 is 4.79 Å². The molecule has 0 saturated carbocycles. The van der Waals surface area contributed by atoms with Gasteiger partial charge in [0.1, 0.15) is 6.67 Å². The number of benzene rings is 1. The van der Waals surface area contributed by atoms with E-state index in [4.69, 9.17) is 0 Å². The lowest BCUT2D eigenvalue weighted by molar-refractivity contribution is 0.102. The van der Waals surface area contributed by atoms with Crippen molar-refractivity contribution in [2.45, 2.75) is 20.5 Å². The lowest BCUT2D eigenvalue weighted by atomic mass is 10.1. The number of amides is 1. The van der Waals surface area contributed by atoms with Crippen LogP contribution >= 0.6 is 15.9 Å². The number of rotatable bonds is 4. The maximum Gasteiger partial charge on any atom is 0.276 e. The van der Waals surface area contributed by atoms with Crippen LogP contribution in [0.4, 0.5) is 5.69 Å². The molecule has 23 heavy (non-hydrogen) atoms. The predicted octanol–water partition coefficient (Wildman–Crippen LogP) is 3.22. The van der Waals surface area contributed by atoms with E-state index in [9.17, 15) is 4.79 Å². The Morgan fingerprint density at radius 2 is 2.09 bits per heavy atom. The molecule has 118 valence electrons. The zero-order valence-electron chi connectivity index (χ0n) is 12.8. The van der Waals surface area contributed by atoms with Gasteiger partial charge in [0.2, 0.25) is 0 Å². The number of hydrogen-bond acceptors (Lipinski definition) is 3. The third-order valence-corrected chi connectivity index (χ3v) is 3.82. The molecule has 0 bridgehead atoms. The minimum absolute atomic E-state index is 0.223. The second kappa shape index (κ2) is 6.37. The molecule has 1 aromatic carbocycles.